The Bertz CT molecular complexity index is 521. The number of nitrogens with zero attached hydrogens (tertiary/aromatic N) is 2. The average molecular weight is 358 g/mol. The van der Waals surface area contributed by atoms with Crippen molar-refractivity contribution >= 4 is 18.0 Å². The summed E-state index contributed by atoms with van der Waals surface area (Å²) < 4.78 is 5.09. The van der Waals surface area contributed by atoms with Crippen molar-refractivity contribution in [3.05, 3.63) is 0 Å². The Balaban J connectivity index is 1.60. The van der Waals surface area contributed by atoms with Crippen molar-refractivity contribution in [2.24, 2.45) is 0 Å². The highest BCUT2D eigenvalue weighted by Gasteiger charge is 2.46. The fourth-order valence-corrected chi connectivity index (χ4v) is 2.76. The quantitative estimate of drug-likeness (QED) is 0.363. The molecule has 2 aliphatic rings. The van der Waals surface area contributed by atoms with Crippen LogP contribution in [-0.2, 0) is 14.4 Å². The summed E-state index contributed by atoms with van der Waals surface area (Å²) in [6, 6.07) is -1.43. The molecule has 0 aromatic rings. The lowest BCUT2D eigenvalue weighted by Gasteiger charge is -2.28. The van der Waals surface area contributed by atoms with E-state index in [4.69, 9.17) is 9.57 Å². The van der Waals surface area contributed by atoms with Gasteiger partial charge in [0.15, 0.2) is 0 Å². The van der Waals surface area contributed by atoms with Crippen molar-refractivity contribution in [1.82, 2.24) is 20.8 Å². The largest absolute Gasteiger partial charge is 0.444 e. The van der Waals surface area contributed by atoms with Gasteiger partial charge >= 0.3 is 12.1 Å². The first-order chi connectivity index (χ1) is 11.7. The first-order valence-corrected chi connectivity index (χ1v) is 8.36. The van der Waals surface area contributed by atoms with Crippen molar-refractivity contribution in [2.45, 2.75) is 57.7 Å². The number of rotatable bonds is 6. The second kappa shape index (κ2) is 7.87. The fraction of sp³-hybridized carbons (Fsp3) is 0.800. The van der Waals surface area contributed by atoms with Gasteiger partial charge in [0.05, 0.1) is 12.6 Å². The summed E-state index contributed by atoms with van der Waals surface area (Å²) >= 11 is 0. The first-order valence-electron chi connectivity index (χ1n) is 8.36. The number of nitrogens with one attached hydrogen (secondary N) is 2. The fourth-order valence-electron chi connectivity index (χ4n) is 2.76. The normalized spacial score (nSPS) is 22.8. The van der Waals surface area contributed by atoms with Crippen LogP contribution in [0.4, 0.5) is 9.59 Å². The molecule has 10 nitrogen and oxygen atoms in total. The molecule has 0 saturated carbocycles. The molecule has 2 fully saturated rings. The molecule has 2 heterocycles. The molecule has 2 rings (SSSR count). The van der Waals surface area contributed by atoms with Crippen LogP contribution in [0.25, 0.3) is 0 Å². The van der Waals surface area contributed by atoms with Gasteiger partial charge in [-0.3, -0.25) is 14.8 Å². The summed E-state index contributed by atoms with van der Waals surface area (Å²) in [7, 11) is 0. The lowest BCUT2D eigenvalue weighted by Crippen LogP contribution is -2.49. The number of hydrogen-bond acceptors (Lipinski definition) is 6. The standard InChI is InChI=1S/C15H26N4O6/c1-15(2,3)25-13(21)16-7-4-8-24-17-12(20)11-6-5-10-9-18(11)14(22)19(10)23/h10-11,23H,4-9H2,1-3H3,(H,16,21)(H,17,20). The van der Waals surface area contributed by atoms with Crippen molar-refractivity contribution in [3.63, 3.8) is 0 Å². The molecule has 2 bridgehead atoms. The van der Waals surface area contributed by atoms with Gasteiger partial charge in [-0.1, -0.05) is 0 Å². The van der Waals surface area contributed by atoms with E-state index in [1.54, 1.807) is 20.8 Å². The highest BCUT2D eigenvalue weighted by atomic mass is 16.7. The van der Waals surface area contributed by atoms with E-state index in [1.807, 2.05) is 0 Å². The zero-order valence-electron chi connectivity index (χ0n) is 14.8. The smallest absolute Gasteiger partial charge is 0.407 e. The van der Waals surface area contributed by atoms with Gasteiger partial charge in [-0.15, -0.1) is 0 Å². The first kappa shape index (κ1) is 19.3. The molecule has 0 radical (unpaired) electrons. The van der Waals surface area contributed by atoms with E-state index in [2.05, 4.69) is 10.8 Å². The number of alkyl carbamates (subject to hydrolysis) is 1. The van der Waals surface area contributed by atoms with Gasteiger partial charge in [-0.2, -0.15) is 0 Å². The molecule has 2 atom stereocenters. The number of carbonyl (C=O) groups excluding carboxylic acids is 3. The number of urea groups is 1. The van der Waals surface area contributed by atoms with E-state index in [0.29, 0.717) is 37.4 Å². The molecule has 2 aliphatic heterocycles. The van der Waals surface area contributed by atoms with Crippen LogP contribution in [0.2, 0.25) is 0 Å². The maximum atomic E-state index is 12.1. The molecule has 4 amide bonds. The second-order valence-electron chi connectivity index (χ2n) is 7.12. The zero-order chi connectivity index (χ0) is 18.6. The van der Waals surface area contributed by atoms with E-state index < -0.39 is 29.7 Å². The number of amides is 4. The molecule has 0 aromatic carbocycles. The number of piperidine rings is 1. The van der Waals surface area contributed by atoms with Gasteiger partial charge in [0.1, 0.15) is 11.6 Å². The molecular formula is C15H26N4O6. The third kappa shape index (κ3) is 5.20. The molecule has 142 valence electrons. The number of carbonyl (C=O) groups is 3. The highest BCUT2D eigenvalue weighted by molar-refractivity contribution is 5.87. The molecule has 3 N–H and O–H groups in total. The van der Waals surface area contributed by atoms with Crippen LogP contribution in [0.1, 0.15) is 40.0 Å². The maximum Gasteiger partial charge on any atom is 0.407 e. The topological polar surface area (TPSA) is 120 Å². The van der Waals surface area contributed by atoms with E-state index in [1.165, 1.54) is 4.90 Å². The van der Waals surface area contributed by atoms with Gasteiger partial charge in [-0.05, 0) is 40.0 Å². The Kier molecular flexibility index (Phi) is 6.07. The number of hydroxylamine groups is 3. The van der Waals surface area contributed by atoms with E-state index in [9.17, 15) is 19.6 Å². The lowest BCUT2D eigenvalue weighted by atomic mass is 10.0. The maximum absolute atomic E-state index is 12.1. The van der Waals surface area contributed by atoms with Gasteiger partial charge < -0.3 is 15.0 Å². The van der Waals surface area contributed by atoms with Crippen LogP contribution in [0.5, 0.6) is 0 Å². The summed E-state index contributed by atoms with van der Waals surface area (Å²) in [5.41, 5.74) is 1.77. The monoisotopic (exact) mass is 358 g/mol. The second-order valence-corrected chi connectivity index (χ2v) is 7.12. The molecule has 25 heavy (non-hydrogen) atoms. The SMILES string of the molecule is CC(C)(C)OC(=O)NCCCONC(=O)C1CCC2CN1C(=O)N2O. The van der Waals surface area contributed by atoms with Gasteiger partial charge in [-0.25, -0.2) is 20.1 Å². The molecular weight excluding hydrogens is 332 g/mol. The van der Waals surface area contributed by atoms with Crippen molar-refractivity contribution in [3.8, 4) is 0 Å². The molecule has 10 heteroatoms. The molecule has 2 unspecified atom stereocenters. The minimum Gasteiger partial charge on any atom is -0.444 e. The Labute approximate surface area is 146 Å². The van der Waals surface area contributed by atoms with Gasteiger partial charge in [0, 0.05) is 13.1 Å². The third-order valence-electron chi connectivity index (χ3n) is 3.91. The molecule has 0 aliphatic carbocycles. The molecule has 0 aromatic heterocycles. The van der Waals surface area contributed by atoms with Crippen LogP contribution in [0.15, 0.2) is 0 Å². The molecule has 0 spiro atoms. The summed E-state index contributed by atoms with van der Waals surface area (Å²) in [6.45, 7) is 6.23. The van der Waals surface area contributed by atoms with E-state index in [-0.39, 0.29) is 12.6 Å². The Morgan fingerprint density at radius 3 is 2.72 bits per heavy atom. The minimum atomic E-state index is -0.638. The summed E-state index contributed by atoms with van der Waals surface area (Å²) in [6.07, 6.45) is 1.02. The molecule has 2 saturated heterocycles. The summed E-state index contributed by atoms with van der Waals surface area (Å²) in [4.78, 5) is 41.8. The van der Waals surface area contributed by atoms with Crippen LogP contribution < -0.4 is 10.8 Å². The Morgan fingerprint density at radius 1 is 1.32 bits per heavy atom. The van der Waals surface area contributed by atoms with Crippen molar-refractivity contribution in [1.29, 1.82) is 0 Å². The number of ether oxygens (including phenoxy) is 1. The average Bonchev–Trinajstić information content (AvgIpc) is 2.73. The number of hydrogen-bond donors (Lipinski definition) is 3. The van der Waals surface area contributed by atoms with Crippen molar-refractivity contribution in [2.75, 3.05) is 19.7 Å². The van der Waals surface area contributed by atoms with Gasteiger partial charge in [0.2, 0.25) is 0 Å². The zero-order valence-corrected chi connectivity index (χ0v) is 14.8. The van der Waals surface area contributed by atoms with Crippen LogP contribution in [0, 0.1) is 0 Å². The number of fused-ring (bicyclic) bond motifs is 2. The van der Waals surface area contributed by atoms with Crippen LogP contribution >= 0.6 is 0 Å². The predicted octanol–water partition coefficient (Wildman–Crippen LogP) is 0.607. The van der Waals surface area contributed by atoms with E-state index >= 15 is 0 Å². The van der Waals surface area contributed by atoms with Crippen LogP contribution in [-0.4, -0.2) is 70.6 Å². The Hall–Kier alpha value is -2.07. The predicted molar refractivity (Wildman–Crippen MR) is 85.5 cm³/mol. The highest BCUT2D eigenvalue weighted by Crippen LogP contribution is 2.28. The lowest BCUT2D eigenvalue weighted by molar-refractivity contribution is -0.138. The van der Waals surface area contributed by atoms with E-state index in [0.717, 1.165) is 0 Å². The van der Waals surface area contributed by atoms with Crippen molar-refractivity contribution < 1.29 is 29.2 Å². The third-order valence-corrected chi connectivity index (χ3v) is 3.91. The van der Waals surface area contributed by atoms with Gasteiger partial charge in [0.25, 0.3) is 5.91 Å². The van der Waals surface area contributed by atoms with Crippen LogP contribution in [0.3, 0.4) is 0 Å². The minimum absolute atomic E-state index is 0.205. The summed E-state index contributed by atoms with van der Waals surface area (Å²) in [5, 5.41) is 12.9. The Morgan fingerprint density at radius 2 is 2.04 bits per heavy atom. The summed E-state index contributed by atoms with van der Waals surface area (Å²) in [5.74, 6) is -0.415.